The van der Waals surface area contributed by atoms with E-state index in [2.05, 4.69) is 37.6 Å². The number of piperidine rings is 1. The van der Waals surface area contributed by atoms with Gasteiger partial charge in [0.25, 0.3) is 5.91 Å². The first-order chi connectivity index (χ1) is 19.3. The van der Waals surface area contributed by atoms with Crippen LogP contribution in [-0.2, 0) is 18.3 Å². The van der Waals surface area contributed by atoms with Crippen molar-refractivity contribution in [3.05, 3.63) is 77.2 Å². The van der Waals surface area contributed by atoms with Crippen molar-refractivity contribution < 1.29 is 14.3 Å². The van der Waals surface area contributed by atoms with Crippen molar-refractivity contribution in [3.63, 3.8) is 0 Å². The Kier molecular flexibility index (Phi) is 7.84. The fourth-order valence-corrected chi connectivity index (χ4v) is 5.44. The molecule has 4 heterocycles. The molecule has 0 atom stereocenters. The van der Waals surface area contributed by atoms with Gasteiger partial charge in [0.05, 0.1) is 18.0 Å². The van der Waals surface area contributed by atoms with E-state index < -0.39 is 5.97 Å². The van der Waals surface area contributed by atoms with E-state index in [9.17, 15) is 9.59 Å². The topological polar surface area (TPSA) is 107 Å². The zero-order valence-electron chi connectivity index (χ0n) is 23.6. The summed E-state index contributed by atoms with van der Waals surface area (Å²) in [5.74, 6) is -0.00594. The summed E-state index contributed by atoms with van der Waals surface area (Å²) in [6, 6.07) is 15.7. The minimum atomic E-state index is -0.526. The van der Waals surface area contributed by atoms with Crippen LogP contribution in [0.1, 0.15) is 57.8 Å². The number of rotatable bonds is 7. The zero-order chi connectivity index (χ0) is 28.4. The van der Waals surface area contributed by atoms with Crippen molar-refractivity contribution in [3.8, 4) is 11.3 Å². The first-order valence-corrected chi connectivity index (χ1v) is 13.7. The number of aromatic nitrogens is 3. The van der Waals surface area contributed by atoms with Crippen molar-refractivity contribution in [2.75, 3.05) is 39.5 Å². The van der Waals surface area contributed by atoms with Crippen molar-refractivity contribution in [2.24, 2.45) is 7.05 Å². The molecule has 5 rings (SSSR count). The van der Waals surface area contributed by atoms with Crippen LogP contribution >= 0.6 is 0 Å². The number of nitrogen functional groups attached to an aromatic ring is 1. The smallest absolute Gasteiger partial charge is 0.359 e. The first-order valence-electron chi connectivity index (χ1n) is 13.7. The second kappa shape index (κ2) is 11.5. The number of likely N-dealkylation sites (tertiary alicyclic amines) is 1. The number of carbonyl (C=O) groups excluding carboxylic acids is 2. The highest BCUT2D eigenvalue weighted by Gasteiger charge is 2.23. The van der Waals surface area contributed by atoms with Crippen LogP contribution in [0.3, 0.4) is 0 Å². The number of nitrogens with zero attached hydrogens (tertiary/aromatic N) is 5. The van der Waals surface area contributed by atoms with Gasteiger partial charge in [0.15, 0.2) is 5.69 Å². The van der Waals surface area contributed by atoms with Gasteiger partial charge in [0.1, 0.15) is 5.65 Å². The molecule has 4 aromatic rings. The average Bonchev–Trinajstić information content (AvgIpc) is 3.28. The molecule has 2 N–H and O–H groups in total. The number of esters is 1. The average molecular weight is 541 g/mol. The molecule has 1 aliphatic heterocycles. The molecule has 1 aromatic carbocycles. The Hall–Kier alpha value is -4.24. The van der Waals surface area contributed by atoms with E-state index in [1.54, 1.807) is 38.2 Å². The van der Waals surface area contributed by atoms with Crippen LogP contribution in [0.25, 0.3) is 22.3 Å². The van der Waals surface area contributed by atoms with Crippen LogP contribution in [0.5, 0.6) is 0 Å². The Bertz CT molecular complexity index is 1530. The third-order valence-electron chi connectivity index (χ3n) is 7.71. The molecular weight excluding hydrogens is 504 g/mol. The molecule has 0 unspecified atom stereocenters. The number of pyridine rings is 2. The Morgan fingerprint density at radius 2 is 1.80 bits per heavy atom. The van der Waals surface area contributed by atoms with Crippen LogP contribution in [0.2, 0.25) is 0 Å². The molecule has 0 saturated carbocycles. The molecule has 0 radical (unpaired) electrons. The third-order valence-corrected chi connectivity index (χ3v) is 7.71. The summed E-state index contributed by atoms with van der Waals surface area (Å²) in [6.07, 6.45) is 3.91. The SMILES string of the molecule is CCOC(=O)c1nc(-c2ccnc3c2cc(CN2CCC(c4ccc(C(=O)N(C)C)cc4)CC2)n3C)ccc1N. The van der Waals surface area contributed by atoms with Crippen molar-refractivity contribution in [2.45, 2.75) is 32.2 Å². The summed E-state index contributed by atoms with van der Waals surface area (Å²) >= 11 is 0. The highest BCUT2D eigenvalue weighted by atomic mass is 16.5. The number of anilines is 1. The number of carbonyl (C=O) groups is 2. The van der Waals surface area contributed by atoms with E-state index in [1.807, 2.05) is 31.3 Å². The van der Waals surface area contributed by atoms with Gasteiger partial charge in [0, 0.05) is 56.1 Å². The lowest BCUT2D eigenvalue weighted by molar-refractivity contribution is 0.0521. The number of benzene rings is 1. The maximum absolute atomic E-state index is 12.4. The molecule has 0 bridgehead atoms. The summed E-state index contributed by atoms with van der Waals surface area (Å²) in [5, 5.41) is 0.981. The third kappa shape index (κ3) is 5.42. The summed E-state index contributed by atoms with van der Waals surface area (Å²) in [5.41, 5.74) is 12.0. The van der Waals surface area contributed by atoms with Gasteiger partial charge >= 0.3 is 5.97 Å². The van der Waals surface area contributed by atoms with E-state index in [1.165, 1.54) is 11.3 Å². The lowest BCUT2D eigenvalue weighted by Crippen LogP contribution is -2.33. The predicted octanol–water partition coefficient (Wildman–Crippen LogP) is 4.48. The lowest BCUT2D eigenvalue weighted by Gasteiger charge is -2.32. The van der Waals surface area contributed by atoms with Crippen LogP contribution in [0.4, 0.5) is 5.69 Å². The largest absolute Gasteiger partial charge is 0.461 e. The van der Waals surface area contributed by atoms with Gasteiger partial charge in [0.2, 0.25) is 0 Å². The Morgan fingerprint density at radius 3 is 2.48 bits per heavy atom. The number of hydrogen-bond acceptors (Lipinski definition) is 7. The molecule has 0 aliphatic carbocycles. The van der Waals surface area contributed by atoms with Crippen LogP contribution in [-0.4, -0.2) is 70.0 Å². The molecule has 1 amide bonds. The van der Waals surface area contributed by atoms with Gasteiger partial charge < -0.3 is 19.9 Å². The van der Waals surface area contributed by atoms with E-state index >= 15 is 0 Å². The Labute approximate surface area is 234 Å². The zero-order valence-corrected chi connectivity index (χ0v) is 23.6. The molecule has 208 valence electrons. The Morgan fingerprint density at radius 1 is 1.07 bits per heavy atom. The molecule has 1 aliphatic rings. The minimum absolute atomic E-state index is 0.0283. The monoisotopic (exact) mass is 540 g/mol. The van der Waals surface area contributed by atoms with Crippen LogP contribution in [0, 0.1) is 0 Å². The van der Waals surface area contributed by atoms with E-state index in [0.29, 0.717) is 17.3 Å². The van der Waals surface area contributed by atoms with Gasteiger partial charge in [-0.05, 0) is 80.7 Å². The summed E-state index contributed by atoms with van der Waals surface area (Å²) in [7, 11) is 5.59. The quantitative estimate of drug-likeness (QED) is 0.345. The fraction of sp³-hybridized carbons (Fsp3) is 0.355. The van der Waals surface area contributed by atoms with Gasteiger partial charge in [-0.1, -0.05) is 12.1 Å². The molecule has 9 nitrogen and oxygen atoms in total. The number of hydrogen-bond donors (Lipinski definition) is 1. The molecule has 0 spiro atoms. The normalized spacial score (nSPS) is 14.4. The van der Waals surface area contributed by atoms with Crippen molar-refractivity contribution in [1.82, 2.24) is 24.3 Å². The number of amides is 1. The minimum Gasteiger partial charge on any atom is -0.461 e. The molecule has 3 aromatic heterocycles. The van der Waals surface area contributed by atoms with Gasteiger partial charge in [-0.3, -0.25) is 9.69 Å². The standard InChI is InChI=1S/C31H36N6O3/c1-5-40-31(39)28-26(32)10-11-27(34-28)24-12-15-33-29-25(24)18-23(36(29)4)19-37-16-13-21(14-17-37)20-6-8-22(9-7-20)30(38)35(2)3/h6-12,15,18,21H,5,13-14,16-17,19,32H2,1-4H3. The maximum atomic E-state index is 12.4. The number of ether oxygens (including phenoxy) is 1. The van der Waals surface area contributed by atoms with Crippen molar-refractivity contribution >= 4 is 28.6 Å². The molecule has 40 heavy (non-hydrogen) atoms. The number of aryl methyl sites for hydroxylation is 1. The maximum Gasteiger partial charge on any atom is 0.359 e. The lowest BCUT2D eigenvalue weighted by atomic mass is 9.89. The van der Waals surface area contributed by atoms with Crippen molar-refractivity contribution in [1.29, 1.82) is 0 Å². The van der Waals surface area contributed by atoms with Crippen LogP contribution in [0.15, 0.2) is 54.7 Å². The highest BCUT2D eigenvalue weighted by molar-refractivity contribution is 5.97. The molecule has 9 heteroatoms. The number of fused-ring (bicyclic) bond motifs is 1. The summed E-state index contributed by atoms with van der Waals surface area (Å²) in [4.78, 5) is 37.9. The fourth-order valence-electron chi connectivity index (χ4n) is 5.44. The van der Waals surface area contributed by atoms with E-state index in [0.717, 1.165) is 54.6 Å². The predicted molar refractivity (Wildman–Crippen MR) is 156 cm³/mol. The van der Waals surface area contributed by atoms with Gasteiger partial charge in [-0.2, -0.15) is 0 Å². The summed E-state index contributed by atoms with van der Waals surface area (Å²) in [6.45, 7) is 4.82. The second-order valence-corrected chi connectivity index (χ2v) is 10.5. The first kappa shape index (κ1) is 27.3. The number of nitrogens with two attached hydrogens (primary N) is 1. The van der Waals surface area contributed by atoms with Gasteiger partial charge in [-0.25, -0.2) is 14.8 Å². The molecule has 1 saturated heterocycles. The molecule has 1 fully saturated rings. The van der Waals surface area contributed by atoms with Crippen LogP contribution < -0.4 is 5.73 Å². The molecular formula is C31H36N6O3. The Balaban J connectivity index is 1.31. The second-order valence-electron chi connectivity index (χ2n) is 10.5. The van der Waals surface area contributed by atoms with Gasteiger partial charge in [-0.15, -0.1) is 0 Å². The summed E-state index contributed by atoms with van der Waals surface area (Å²) < 4.78 is 7.27. The van der Waals surface area contributed by atoms with E-state index in [-0.39, 0.29) is 18.2 Å². The van der Waals surface area contributed by atoms with E-state index in [4.69, 9.17) is 10.5 Å². The highest BCUT2D eigenvalue weighted by Crippen LogP contribution is 2.32.